The van der Waals surface area contributed by atoms with Gasteiger partial charge in [-0.05, 0) is 19.3 Å². The molecule has 11 heteroatoms. The number of fused-ring (bicyclic) bond motifs is 3. The number of carbonyl (C=O) groups excluding carboxylic acids is 3. The highest BCUT2D eigenvalue weighted by atomic mass is 32.2. The van der Waals surface area contributed by atoms with Crippen molar-refractivity contribution < 1.29 is 23.9 Å². The van der Waals surface area contributed by atoms with Gasteiger partial charge in [-0.3, -0.25) is 14.4 Å². The van der Waals surface area contributed by atoms with Crippen LogP contribution in [0.3, 0.4) is 0 Å². The van der Waals surface area contributed by atoms with Gasteiger partial charge < -0.3 is 24.6 Å². The van der Waals surface area contributed by atoms with Gasteiger partial charge in [0, 0.05) is 24.4 Å². The number of thioether (sulfide) groups is 1. The van der Waals surface area contributed by atoms with Crippen molar-refractivity contribution in [3.63, 3.8) is 0 Å². The number of nitrogens with one attached hydrogen (secondary N) is 1. The SMILES string of the molecule is C=CC(S/C=C1\C(=C)OCCN1c1nc2c(s1)C(=O)NC(C)(C)C2)C(=O)N1C[C@H]2C[C@@H]1CC(=O)O2. The predicted molar refractivity (Wildman–Crippen MR) is 134 cm³/mol. The number of rotatable bonds is 5. The first-order chi connectivity index (χ1) is 16.6. The number of carbonyl (C=O) groups is 3. The summed E-state index contributed by atoms with van der Waals surface area (Å²) in [6.45, 7) is 13.3. The van der Waals surface area contributed by atoms with Crippen LogP contribution in [-0.4, -0.2) is 70.3 Å². The van der Waals surface area contributed by atoms with Crippen LogP contribution in [0.1, 0.15) is 42.1 Å². The van der Waals surface area contributed by atoms with Crippen molar-refractivity contribution in [2.24, 2.45) is 0 Å². The molecule has 1 aromatic heterocycles. The number of anilines is 1. The minimum atomic E-state index is -0.537. The molecule has 5 rings (SSSR count). The fourth-order valence-electron chi connectivity index (χ4n) is 4.88. The second-order valence-electron chi connectivity index (χ2n) is 9.70. The lowest BCUT2D eigenvalue weighted by Gasteiger charge is -2.31. The van der Waals surface area contributed by atoms with E-state index in [-0.39, 0.29) is 41.9 Å². The molecule has 186 valence electrons. The Morgan fingerprint density at radius 3 is 2.97 bits per heavy atom. The van der Waals surface area contributed by atoms with Gasteiger partial charge in [0.15, 0.2) is 5.13 Å². The summed E-state index contributed by atoms with van der Waals surface area (Å²) in [5.41, 5.74) is 1.14. The fourth-order valence-corrected chi connectivity index (χ4v) is 6.79. The van der Waals surface area contributed by atoms with Crippen molar-refractivity contribution in [1.82, 2.24) is 15.2 Å². The van der Waals surface area contributed by atoms with E-state index in [2.05, 4.69) is 18.5 Å². The van der Waals surface area contributed by atoms with Crippen molar-refractivity contribution in [2.75, 3.05) is 24.6 Å². The smallest absolute Gasteiger partial charge is 0.308 e. The minimum Gasteiger partial charge on any atom is -0.490 e. The molecule has 5 heterocycles. The monoisotopic (exact) mass is 516 g/mol. The molecule has 0 saturated carbocycles. The summed E-state index contributed by atoms with van der Waals surface area (Å²) in [6.07, 6.45) is 2.96. The molecule has 4 aliphatic rings. The summed E-state index contributed by atoms with van der Waals surface area (Å²) in [5.74, 6) is 0.0294. The average molecular weight is 517 g/mol. The molecule has 0 radical (unpaired) electrons. The van der Waals surface area contributed by atoms with Gasteiger partial charge in [-0.1, -0.05) is 24.0 Å². The van der Waals surface area contributed by atoms with Crippen LogP contribution in [0.5, 0.6) is 0 Å². The standard InChI is InChI=1S/C24H28N4O5S2/c1-5-18(22(31)28-11-15-8-14(28)9-19(29)33-15)34-12-17-13(2)32-7-6-27(17)23-25-16-10-24(3,4)26-21(30)20(16)35-23/h5,12,14-15,18H,1-2,6-11H2,3-4H3,(H,26,30)/b17-12+/t14-,15-,18?/m1/s1. The summed E-state index contributed by atoms with van der Waals surface area (Å²) >= 11 is 2.66. The Kier molecular flexibility index (Phi) is 6.16. The number of aromatic nitrogens is 1. The highest BCUT2D eigenvalue weighted by Crippen LogP contribution is 2.37. The summed E-state index contributed by atoms with van der Waals surface area (Å²) < 4.78 is 11.0. The number of thiazole rings is 1. The number of nitrogens with zero attached hydrogens (tertiary/aromatic N) is 3. The van der Waals surface area contributed by atoms with E-state index in [1.54, 1.807) is 11.0 Å². The maximum Gasteiger partial charge on any atom is 0.308 e. The lowest BCUT2D eigenvalue weighted by atomic mass is 9.94. The average Bonchev–Trinajstić information content (AvgIpc) is 3.34. The maximum absolute atomic E-state index is 13.3. The summed E-state index contributed by atoms with van der Waals surface area (Å²) in [5, 5.41) is 5.03. The molecule has 4 aliphatic heterocycles. The Balaban J connectivity index is 1.36. The van der Waals surface area contributed by atoms with E-state index >= 15 is 0 Å². The second kappa shape index (κ2) is 9.02. The normalized spacial score (nSPS) is 27.1. The molecule has 1 N–H and O–H groups in total. The summed E-state index contributed by atoms with van der Waals surface area (Å²) in [4.78, 5) is 46.8. The molecule has 3 fully saturated rings. The van der Waals surface area contributed by atoms with Crippen molar-refractivity contribution in [3.8, 4) is 0 Å². The van der Waals surface area contributed by atoms with Crippen LogP contribution in [0.15, 0.2) is 36.1 Å². The highest BCUT2D eigenvalue weighted by Gasteiger charge is 2.44. The zero-order chi connectivity index (χ0) is 24.9. The van der Waals surface area contributed by atoms with E-state index in [0.29, 0.717) is 54.0 Å². The van der Waals surface area contributed by atoms with E-state index in [1.807, 2.05) is 24.2 Å². The molecule has 0 aliphatic carbocycles. The zero-order valence-corrected chi connectivity index (χ0v) is 21.4. The molecule has 2 amide bonds. The molecular weight excluding hydrogens is 488 g/mol. The molecule has 3 saturated heterocycles. The van der Waals surface area contributed by atoms with Crippen LogP contribution < -0.4 is 10.2 Å². The molecule has 1 aromatic rings. The second-order valence-corrected chi connectivity index (χ2v) is 11.7. The fraction of sp³-hybridized carbons (Fsp3) is 0.500. The third-order valence-electron chi connectivity index (χ3n) is 6.50. The third-order valence-corrected chi connectivity index (χ3v) is 8.66. The van der Waals surface area contributed by atoms with Gasteiger partial charge in [0.1, 0.15) is 28.6 Å². The maximum atomic E-state index is 13.3. The molecule has 35 heavy (non-hydrogen) atoms. The number of likely N-dealkylation sites (tertiary alicyclic amines) is 1. The van der Waals surface area contributed by atoms with E-state index in [4.69, 9.17) is 14.5 Å². The molecule has 0 aromatic carbocycles. The van der Waals surface area contributed by atoms with Crippen molar-refractivity contribution in [2.45, 2.75) is 56.0 Å². The topological polar surface area (TPSA) is 101 Å². The number of amides is 2. The number of esters is 1. The van der Waals surface area contributed by atoms with Gasteiger partial charge in [-0.25, -0.2) is 4.98 Å². The Hall–Kier alpha value is -2.79. The first-order valence-corrected chi connectivity index (χ1v) is 13.3. The number of hydrogen-bond donors (Lipinski definition) is 1. The Labute approximate surface area is 212 Å². The van der Waals surface area contributed by atoms with Crippen LogP contribution in [0.2, 0.25) is 0 Å². The van der Waals surface area contributed by atoms with E-state index in [1.165, 1.54) is 23.1 Å². The Bertz CT molecular complexity index is 1140. The minimum absolute atomic E-state index is 0.0924. The van der Waals surface area contributed by atoms with Crippen LogP contribution in [0, 0.1) is 0 Å². The van der Waals surface area contributed by atoms with Gasteiger partial charge in [-0.15, -0.1) is 18.3 Å². The number of ether oxygens (including phenoxy) is 2. The molecule has 1 unspecified atom stereocenters. The first kappa shape index (κ1) is 23.9. The first-order valence-electron chi connectivity index (χ1n) is 11.5. The van der Waals surface area contributed by atoms with Crippen LogP contribution in [0.4, 0.5) is 5.13 Å². The van der Waals surface area contributed by atoms with Gasteiger partial charge in [-0.2, -0.15) is 0 Å². The lowest BCUT2D eigenvalue weighted by Crippen LogP contribution is -2.48. The van der Waals surface area contributed by atoms with Crippen LogP contribution in [-0.2, 0) is 25.5 Å². The Morgan fingerprint density at radius 2 is 2.20 bits per heavy atom. The molecule has 2 bridgehead atoms. The largest absolute Gasteiger partial charge is 0.490 e. The van der Waals surface area contributed by atoms with Gasteiger partial charge in [0.25, 0.3) is 5.91 Å². The van der Waals surface area contributed by atoms with E-state index < -0.39 is 5.25 Å². The zero-order valence-electron chi connectivity index (χ0n) is 19.7. The Morgan fingerprint density at radius 1 is 1.40 bits per heavy atom. The quantitative estimate of drug-likeness (QED) is 0.471. The van der Waals surface area contributed by atoms with Crippen molar-refractivity contribution in [1.29, 1.82) is 0 Å². The molecule has 3 atom stereocenters. The van der Waals surface area contributed by atoms with Crippen molar-refractivity contribution >= 4 is 46.0 Å². The summed E-state index contributed by atoms with van der Waals surface area (Å²) in [7, 11) is 0. The predicted octanol–water partition coefficient (Wildman–Crippen LogP) is 2.60. The van der Waals surface area contributed by atoms with Gasteiger partial charge in [0.2, 0.25) is 5.91 Å². The third kappa shape index (κ3) is 4.58. The van der Waals surface area contributed by atoms with Gasteiger partial charge in [0.05, 0.1) is 30.9 Å². The molecule has 9 nitrogen and oxygen atoms in total. The van der Waals surface area contributed by atoms with Gasteiger partial charge >= 0.3 is 5.97 Å². The van der Waals surface area contributed by atoms with Crippen LogP contribution >= 0.6 is 23.1 Å². The van der Waals surface area contributed by atoms with E-state index in [0.717, 1.165) is 5.69 Å². The molecule has 0 spiro atoms. The summed E-state index contributed by atoms with van der Waals surface area (Å²) in [6, 6.07) is -0.119. The number of hydrogen-bond acceptors (Lipinski definition) is 9. The van der Waals surface area contributed by atoms with Crippen molar-refractivity contribution in [3.05, 3.63) is 46.7 Å². The van der Waals surface area contributed by atoms with Crippen LogP contribution in [0.25, 0.3) is 0 Å². The van der Waals surface area contributed by atoms with E-state index in [9.17, 15) is 14.4 Å². The molecular formula is C24H28N4O5S2. The lowest BCUT2D eigenvalue weighted by molar-refractivity contribution is -0.151. The highest BCUT2D eigenvalue weighted by molar-refractivity contribution is 8.03. The number of morpholine rings is 1.